The van der Waals surface area contributed by atoms with Gasteiger partial charge in [-0.1, -0.05) is 13.8 Å². The van der Waals surface area contributed by atoms with Gasteiger partial charge in [0.05, 0.1) is 11.8 Å². The number of hydrogen-bond acceptors (Lipinski definition) is 5. The van der Waals surface area contributed by atoms with Gasteiger partial charge in [0.15, 0.2) is 0 Å². The Morgan fingerprint density at radius 3 is 2.37 bits per heavy atom. The van der Waals surface area contributed by atoms with Crippen LogP contribution in [0.25, 0.3) is 0 Å². The van der Waals surface area contributed by atoms with Gasteiger partial charge < -0.3 is 15.3 Å². The minimum absolute atomic E-state index is 0.0346. The van der Waals surface area contributed by atoms with Gasteiger partial charge in [-0.15, -0.1) is 0 Å². The van der Waals surface area contributed by atoms with Crippen molar-refractivity contribution in [3.05, 3.63) is 23.2 Å². The first-order valence-corrected chi connectivity index (χ1v) is 11.0. The largest absolute Gasteiger partial charge is 0.507 e. The van der Waals surface area contributed by atoms with Crippen LogP contribution in [0.5, 0.6) is 0 Å². The molecule has 0 amide bonds. The second-order valence-corrected chi connectivity index (χ2v) is 10.6. The Bertz CT molecular complexity index is 899. The molecule has 0 bridgehead atoms. The monoisotopic (exact) mass is 416 g/mol. The molecule has 4 aliphatic rings. The zero-order chi connectivity index (χ0) is 22.2. The Morgan fingerprint density at radius 2 is 1.77 bits per heavy atom. The Morgan fingerprint density at radius 1 is 1.13 bits per heavy atom. The topological polar surface area (TPSA) is 112 Å². The van der Waals surface area contributed by atoms with Crippen molar-refractivity contribution in [3.63, 3.8) is 0 Å². The number of ketones is 2. The highest BCUT2D eigenvalue weighted by atomic mass is 16.4. The van der Waals surface area contributed by atoms with E-state index in [0.717, 1.165) is 24.8 Å². The molecule has 0 radical (unpaired) electrons. The zero-order valence-electron chi connectivity index (χ0n) is 18.2. The molecule has 0 aromatic rings. The maximum atomic E-state index is 12.8. The van der Waals surface area contributed by atoms with Crippen LogP contribution in [0.4, 0.5) is 0 Å². The summed E-state index contributed by atoms with van der Waals surface area (Å²) in [7, 11) is 0. The first kappa shape index (κ1) is 21.1. The molecular formula is C24H32O6. The third-order valence-electron chi connectivity index (χ3n) is 9.66. The third kappa shape index (κ3) is 2.39. The van der Waals surface area contributed by atoms with E-state index in [4.69, 9.17) is 0 Å². The van der Waals surface area contributed by atoms with Crippen LogP contribution in [0.2, 0.25) is 0 Å². The normalized spacial score (nSPS) is 45.3. The number of fused-ring (bicyclic) bond motifs is 5. The van der Waals surface area contributed by atoms with Crippen molar-refractivity contribution < 1.29 is 29.7 Å². The molecule has 4 rings (SSSR count). The fraction of sp³-hybridized carbons (Fsp3) is 0.708. The fourth-order valence-corrected chi connectivity index (χ4v) is 8.16. The first-order chi connectivity index (χ1) is 13.9. The molecule has 0 spiro atoms. The summed E-state index contributed by atoms with van der Waals surface area (Å²) in [6, 6.07) is 0. The molecule has 0 unspecified atom stereocenters. The number of carboxylic acid groups (broad SMARTS) is 1. The van der Waals surface area contributed by atoms with E-state index in [2.05, 4.69) is 13.8 Å². The third-order valence-corrected chi connectivity index (χ3v) is 9.66. The maximum Gasteiger partial charge on any atom is 0.304 e. The van der Waals surface area contributed by atoms with Crippen LogP contribution in [-0.4, -0.2) is 32.9 Å². The van der Waals surface area contributed by atoms with Gasteiger partial charge in [0, 0.05) is 5.41 Å². The lowest BCUT2D eigenvalue weighted by molar-refractivity contribution is -0.155. The average molecular weight is 417 g/mol. The van der Waals surface area contributed by atoms with Gasteiger partial charge >= 0.3 is 5.97 Å². The molecule has 164 valence electrons. The van der Waals surface area contributed by atoms with Crippen LogP contribution in [0.15, 0.2) is 23.2 Å². The van der Waals surface area contributed by atoms with E-state index in [1.54, 1.807) is 0 Å². The number of hydrogen-bond donors (Lipinski definition) is 3. The van der Waals surface area contributed by atoms with Gasteiger partial charge in [-0.2, -0.15) is 0 Å². The summed E-state index contributed by atoms with van der Waals surface area (Å²) in [5.74, 6) is -1.82. The number of rotatable bonds is 3. The van der Waals surface area contributed by atoms with Crippen LogP contribution in [0.1, 0.15) is 66.2 Å². The summed E-state index contributed by atoms with van der Waals surface area (Å²) in [6.07, 6.45) is 5.01. The lowest BCUT2D eigenvalue weighted by atomic mass is 9.43. The van der Waals surface area contributed by atoms with E-state index in [-0.39, 0.29) is 41.6 Å². The van der Waals surface area contributed by atoms with Gasteiger partial charge in [0.2, 0.25) is 11.5 Å². The van der Waals surface area contributed by atoms with Crippen LogP contribution in [0.3, 0.4) is 0 Å². The number of allylic oxidation sites excluding steroid dienone is 2. The number of carboxylic acids is 1. The quantitative estimate of drug-likeness (QED) is 0.630. The van der Waals surface area contributed by atoms with Crippen LogP contribution < -0.4 is 0 Å². The van der Waals surface area contributed by atoms with Gasteiger partial charge in [0.25, 0.3) is 0 Å². The van der Waals surface area contributed by atoms with E-state index in [0.29, 0.717) is 12.8 Å². The molecular weight excluding hydrogens is 384 g/mol. The molecule has 4 aliphatic carbocycles. The summed E-state index contributed by atoms with van der Waals surface area (Å²) in [6.45, 7) is 7.62. The smallest absolute Gasteiger partial charge is 0.304 e. The number of carbonyl (C=O) groups excluding carboxylic acids is 2. The van der Waals surface area contributed by atoms with Crippen molar-refractivity contribution in [3.8, 4) is 0 Å². The molecule has 6 nitrogen and oxygen atoms in total. The van der Waals surface area contributed by atoms with Gasteiger partial charge in [0.1, 0.15) is 11.5 Å². The minimum atomic E-state index is -0.931. The molecule has 3 fully saturated rings. The highest BCUT2D eigenvalue weighted by Crippen LogP contribution is 2.71. The van der Waals surface area contributed by atoms with Gasteiger partial charge in [-0.3, -0.25) is 14.4 Å². The lowest BCUT2D eigenvalue weighted by Gasteiger charge is -2.60. The average Bonchev–Trinajstić information content (AvgIpc) is 2.96. The predicted molar refractivity (Wildman–Crippen MR) is 110 cm³/mol. The van der Waals surface area contributed by atoms with E-state index in [9.17, 15) is 29.7 Å². The summed E-state index contributed by atoms with van der Waals surface area (Å²) in [4.78, 5) is 36.7. The number of Topliss-reactive ketones (excluding diaryl/α,β-unsaturated/α-hetero) is 1. The molecule has 0 saturated heterocycles. The van der Waals surface area contributed by atoms with Crippen molar-refractivity contribution in [1.82, 2.24) is 0 Å². The van der Waals surface area contributed by atoms with Gasteiger partial charge in [-0.25, -0.2) is 0 Å². The van der Waals surface area contributed by atoms with Crippen LogP contribution in [-0.2, 0) is 14.4 Å². The van der Waals surface area contributed by atoms with E-state index in [1.165, 1.54) is 13.0 Å². The first-order valence-electron chi connectivity index (χ1n) is 11.0. The van der Waals surface area contributed by atoms with Crippen molar-refractivity contribution in [2.75, 3.05) is 0 Å². The Hall–Kier alpha value is -2.11. The van der Waals surface area contributed by atoms with Crippen LogP contribution >= 0.6 is 0 Å². The Kier molecular flexibility index (Phi) is 4.54. The SMILES string of the molecule is CC(=O)[C@@]1(CC(=O)O)CC[C@H]2[C@@H]3C[C@H](C)C4=CC(=O)C(O)=C(O)[C@]4(C)[C@H]3CC[C@@]21C. The van der Waals surface area contributed by atoms with E-state index in [1.807, 2.05) is 6.92 Å². The molecule has 7 atom stereocenters. The second kappa shape index (κ2) is 6.44. The van der Waals surface area contributed by atoms with Gasteiger partial charge in [-0.05, 0) is 86.7 Å². The summed E-state index contributed by atoms with van der Waals surface area (Å²) < 4.78 is 0. The zero-order valence-corrected chi connectivity index (χ0v) is 18.2. The molecule has 3 N–H and O–H groups in total. The number of aliphatic carboxylic acids is 1. The van der Waals surface area contributed by atoms with E-state index < -0.39 is 33.8 Å². The number of aliphatic hydroxyl groups is 2. The summed E-state index contributed by atoms with van der Waals surface area (Å²) in [5, 5.41) is 30.7. The molecule has 0 aromatic carbocycles. The second-order valence-electron chi connectivity index (χ2n) is 10.6. The maximum absolute atomic E-state index is 12.8. The molecule has 0 aliphatic heterocycles. The van der Waals surface area contributed by atoms with Crippen LogP contribution in [0, 0.1) is 39.9 Å². The lowest BCUT2D eigenvalue weighted by Crippen LogP contribution is -2.56. The Labute approximate surface area is 177 Å². The highest BCUT2D eigenvalue weighted by Gasteiger charge is 2.67. The molecule has 30 heavy (non-hydrogen) atoms. The standard InChI is InChI=1S/C24H32O6/c1-12-9-14-15-6-8-24(13(2)25,11-19(27)28)22(15,3)7-5-16(14)23(4)17(12)10-18(26)20(29)21(23)30/h10,12,14-16,29-30H,5-9,11H2,1-4H3,(H,27,28)/t12-,14-,15-,16-,22-,23+,24-/m0/s1. The van der Waals surface area contributed by atoms with Crippen molar-refractivity contribution in [1.29, 1.82) is 0 Å². The molecule has 0 aromatic heterocycles. The fourth-order valence-electron chi connectivity index (χ4n) is 8.16. The molecule has 3 saturated carbocycles. The minimum Gasteiger partial charge on any atom is -0.507 e. The van der Waals surface area contributed by atoms with Crippen molar-refractivity contribution in [2.45, 2.75) is 66.2 Å². The van der Waals surface area contributed by atoms with Crippen molar-refractivity contribution in [2.24, 2.45) is 39.9 Å². The summed E-state index contributed by atoms with van der Waals surface area (Å²) in [5.41, 5.74) is -1.16. The number of carbonyl (C=O) groups is 3. The summed E-state index contributed by atoms with van der Waals surface area (Å²) >= 11 is 0. The molecule has 0 heterocycles. The highest BCUT2D eigenvalue weighted by molar-refractivity contribution is 6.04. The predicted octanol–water partition coefficient (Wildman–Crippen LogP) is 4.36. The van der Waals surface area contributed by atoms with Crippen molar-refractivity contribution >= 4 is 17.5 Å². The molecule has 6 heteroatoms. The Balaban J connectivity index is 1.79. The van der Waals surface area contributed by atoms with E-state index >= 15 is 0 Å². The number of aliphatic hydroxyl groups excluding tert-OH is 2.